The van der Waals surface area contributed by atoms with Gasteiger partial charge in [0.05, 0.1) is 12.2 Å². The van der Waals surface area contributed by atoms with Crippen molar-refractivity contribution < 1.29 is 10.2 Å². The summed E-state index contributed by atoms with van der Waals surface area (Å²) in [5.74, 6) is 2.61. The summed E-state index contributed by atoms with van der Waals surface area (Å²) < 4.78 is 0. The topological polar surface area (TPSA) is 40.5 Å². The van der Waals surface area contributed by atoms with Crippen LogP contribution in [0.1, 0.15) is 65.2 Å². The van der Waals surface area contributed by atoms with Gasteiger partial charge >= 0.3 is 0 Å². The maximum absolute atomic E-state index is 11.0. The van der Waals surface area contributed by atoms with E-state index in [9.17, 15) is 10.2 Å². The zero-order valence-corrected chi connectivity index (χ0v) is 14.2. The van der Waals surface area contributed by atoms with E-state index in [1.54, 1.807) is 5.57 Å². The summed E-state index contributed by atoms with van der Waals surface area (Å²) in [6.45, 7) is 4.61. The number of rotatable bonds is 0. The first-order valence-corrected chi connectivity index (χ1v) is 9.59. The third kappa shape index (κ3) is 1.92. The van der Waals surface area contributed by atoms with Crippen molar-refractivity contribution in [3.05, 3.63) is 11.6 Å². The van der Waals surface area contributed by atoms with Crippen LogP contribution in [0.2, 0.25) is 0 Å². The zero-order valence-electron chi connectivity index (χ0n) is 14.2. The van der Waals surface area contributed by atoms with Crippen molar-refractivity contribution in [2.45, 2.75) is 77.4 Å². The fraction of sp³-hybridized carbons (Fsp3) is 0.900. The van der Waals surface area contributed by atoms with E-state index in [-0.39, 0.29) is 5.41 Å². The van der Waals surface area contributed by atoms with Gasteiger partial charge in [-0.3, -0.25) is 0 Å². The van der Waals surface area contributed by atoms with Gasteiger partial charge in [-0.2, -0.15) is 0 Å². The predicted molar refractivity (Wildman–Crippen MR) is 88.3 cm³/mol. The number of hydrogen-bond donors (Lipinski definition) is 2. The standard InChI is InChI=1S/C20H32O2/c1-3-12-7-8-14-13(12)9-10-15-17(14)19(22)18(21)16-6-4-5-11-20(15,16)2/h3,13-19,21-22H,4-11H2,1-2H3/b12-3-/t13?,14?,15?,16?,17?,18-,19?,20-/m1/s1. The molecule has 2 heteroatoms. The molecule has 22 heavy (non-hydrogen) atoms. The fourth-order valence-electron chi connectivity index (χ4n) is 7.20. The Kier molecular flexibility index (Phi) is 3.69. The van der Waals surface area contributed by atoms with E-state index in [0.717, 1.165) is 6.42 Å². The van der Waals surface area contributed by atoms with E-state index in [1.165, 1.54) is 44.9 Å². The van der Waals surface area contributed by atoms with Gasteiger partial charge < -0.3 is 10.2 Å². The van der Waals surface area contributed by atoms with Crippen molar-refractivity contribution in [2.24, 2.45) is 35.0 Å². The van der Waals surface area contributed by atoms with Crippen LogP contribution in [-0.2, 0) is 0 Å². The van der Waals surface area contributed by atoms with Crippen LogP contribution in [0.25, 0.3) is 0 Å². The Morgan fingerprint density at radius 1 is 1.00 bits per heavy atom. The molecule has 0 aromatic rings. The fourth-order valence-corrected chi connectivity index (χ4v) is 7.20. The van der Waals surface area contributed by atoms with Crippen LogP contribution in [0, 0.1) is 35.0 Å². The lowest BCUT2D eigenvalue weighted by atomic mass is 9.45. The van der Waals surface area contributed by atoms with Gasteiger partial charge in [-0.1, -0.05) is 31.4 Å². The molecule has 0 aromatic carbocycles. The molecule has 4 aliphatic rings. The molecule has 0 aromatic heterocycles. The summed E-state index contributed by atoms with van der Waals surface area (Å²) in [5, 5.41) is 21.8. The average molecular weight is 304 g/mol. The third-order valence-electron chi connectivity index (χ3n) is 8.21. The molecule has 0 aliphatic heterocycles. The Hall–Kier alpha value is -0.340. The monoisotopic (exact) mass is 304 g/mol. The first kappa shape index (κ1) is 15.2. The van der Waals surface area contributed by atoms with Crippen molar-refractivity contribution >= 4 is 0 Å². The summed E-state index contributed by atoms with van der Waals surface area (Å²) >= 11 is 0. The second kappa shape index (κ2) is 5.34. The summed E-state index contributed by atoms with van der Waals surface area (Å²) in [6, 6.07) is 0. The lowest BCUT2D eigenvalue weighted by Gasteiger charge is -2.61. The summed E-state index contributed by atoms with van der Waals surface area (Å²) in [6.07, 6.45) is 11.3. The molecule has 0 saturated heterocycles. The van der Waals surface area contributed by atoms with Gasteiger partial charge in [-0.15, -0.1) is 0 Å². The Bertz CT molecular complexity index is 470. The molecule has 4 aliphatic carbocycles. The Balaban J connectivity index is 1.70. The first-order valence-electron chi connectivity index (χ1n) is 9.59. The molecule has 0 bridgehead atoms. The molecule has 6 unspecified atom stereocenters. The molecule has 0 spiro atoms. The van der Waals surface area contributed by atoms with Crippen LogP contribution < -0.4 is 0 Å². The van der Waals surface area contributed by atoms with Gasteiger partial charge in [0.15, 0.2) is 0 Å². The Labute approximate surface area is 135 Å². The molecule has 0 heterocycles. The highest BCUT2D eigenvalue weighted by atomic mass is 16.3. The van der Waals surface area contributed by atoms with Crippen LogP contribution in [0.4, 0.5) is 0 Å². The molecule has 4 rings (SSSR count). The molecular formula is C20H32O2. The van der Waals surface area contributed by atoms with Crippen molar-refractivity contribution in [3.63, 3.8) is 0 Å². The van der Waals surface area contributed by atoms with E-state index in [0.29, 0.717) is 29.6 Å². The molecule has 2 nitrogen and oxygen atoms in total. The van der Waals surface area contributed by atoms with Gasteiger partial charge in [0.1, 0.15) is 0 Å². The van der Waals surface area contributed by atoms with Crippen molar-refractivity contribution in [2.75, 3.05) is 0 Å². The third-order valence-corrected chi connectivity index (χ3v) is 8.21. The quantitative estimate of drug-likeness (QED) is 0.666. The summed E-state index contributed by atoms with van der Waals surface area (Å²) in [5.41, 5.74) is 1.90. The van der Waals surface area contributed by atoms with E-state index < -0.39 is 12.2 Å². The predicted octanol–water partition coefficient (Wildman–Crippen LogP) is 3.92. The first-order chi connectivity index (χ1) is 10.6. The van der Waals surface area contributed by atoms with Crippen LogP contribution in [0.5, 0.6) is 0 Å². The molecular weight excluding hydrogens is 272 g/mol. The molecule has 4 fully saturated rings. The molecule has 0 amide bonds. The van der Waals surface area contributed by atoms with Crippen molar-refractivity contribution in [1.82, 2.24) is 0 Å². The Morgan fingerprint density at radius 3 is 2.59 bits per heavy atom. The molecule has 124 valence electrons. The molecule has 0 radical (unpaired) electrons. The van der Waals surface area contributed by atoms with E-state index in [2.05, 4.69) is 19.9 Å². The van der Waals surface area contributed by atoms with Crippen LogP contribution in [0.3, 0.4) is 0 Å². The van der Waals surface area contributed by atoms with Gasteiger partial charge in [0.25, 0.3) is 0 Å². The van der Waals surface area contributed by atoms with Gasteiger partial charge in [0, 0.05) is 0 Å². The van der Waals surface area contributed by atoms with E-state index in [4.69, 9.17) is 0 Å². The normalized spacial score (nSPS) is 56.4. The van der Waals surface area contributed by atoms with E-state index >= 15 is 0 Å². The van der Waals surface area contributed by atoms with Crippen LogP contribution in [0.15, 0.2) is 11.6 Å². The minimum Gasteiger partial charge on any atom is -0.390 e. The number of allylic oxidation sites excluding steroid dienone is 2. The SMILES string of the molecule is C/C=C1/CCC2C1CCC1C2C(O)[C@H](O)C2CCCC[C@]12C. The highest BCUT2D eigenvalue weighted by molar-refractivity contribution is 5.19. The van der Waals surface area contributed by atoms with Crippen LogP contribution >= 0.6 is 0 Å². The molecule has 4 saturated carbocycles. The van der Waals surface area contributed by atoms with Gasteiger partial charge in [-0.05, 0) is 80.5 Å². The number of aliphatic hydroxyl groups excluding tert-OH is 2. The Morgan fingerprint density at radius 2 is 1.82 bits per heavy atom. The maximum atomic E-state index is 11.0. The largest absolute Gasteiger partial charge is 0.390 e. The van der Waals surface area contributed by atoms with Crippen LogP contribution in [-0.4, -0.2) is 22.4 Å². The van der Waals surface area contributed by atoms with Crippen molar-refractivity contribution in [1.29, 1.82) is 0 Å². The van der Waals surface area contributed by atoms with Gasteiger partial charge in [-0.25, -0.2) is 0 Å². The summed E-state index contributed by atoms with van der Waals surface area (Å²) in [4.78, 5) is 0. The second-order valence-corrected chi connectivity index (χ2v) is 8.77. The van der Waals surface area contributed by atoms with E-state index in [1.807, 2.05) is 0 Å². The molecule has 2 N–H and O–H groups in total. The molecule has 8 atom stereocenters. The minimum absolute atomic E-state index is 0.269. The lowest BCUT2D eigenvalue weighted by Crippen LogP contribution is -2.61. The number of hydrogen-bond acceptors (Lipinski definition) is 2. The average Bonchev–Trinajstić information content (AvgIpc) is 2.95. The van der Waals surface area contributed by atoms with Crippen molar-refractivity contribution in [3.8, 4) is 0 Å². The minimum atomic E-state index is -0.486. The highest BCUT2D eigenvalue weighted by Gasteiger charge is 2.60. The lowest BCUT2D eigenvalue weighted by molar-refractivity contribution is -0.201. The number of fused-ring (bicyclic) bond motifs is 5. The second-order valence-electron chi connectivity index (χ2n) is 8.77. The van der Waals surface area contributed by atoms with Gasteiger partial charge in [0.2, 0.25) is 0 Å². The zero-order chi connectivity index (χ0) is 15.5. The summed E-state index contributed by atoms with van der Waals surface area (Å²) in [7, 11) is 0. The maximum Gasteiger partial charge on any atom is 0.0835 e. The highest BCUT2D eigenvalue weighted by Crippen LogP contribution is 2.63. The smallest absolute Gasteiger partial charge is 0.0835 e. The number of aliphatic hydroxyl groups is 2.